The Morgan fingerprint density at radius 2 is 1.87 bits per heavy atom. The molecule has 1 aliphatic rings. The van der Waals surface area contributed by atoms with E-state index in [1.165, 1.54) is 5.57 Å². The molecule has 0 aromatic rings. The van der Waals surface area contributed by atoms with Gasteiger partial charge >= 0.3 is 5.97 Å². The number of carbonyl (C=O) groups is 2. The third-order valence-electron chi connectivity index (χ3n) is 6.56. The van der Waals surface area contributed by atoms with E-state index in [9.17, 15) is 9.59 Å². The molecule has 0 unspecified atom stereocenters. The molecule has 5 heteroatoms. The van der Waals surface area contributed by atoms with Gasteiger partial charge in [0.05, 0.1) is 12.2 Å². The third-order valence-corrected chi connectivity index (χ3v) is 11.1. The second-order valence-corrected chi connectivity index (χ2v) is 15.1. The number of hydrogen-bond donors (Lipinski definition) is 0. The Balaban J connectivity index is 2.72. The van der Waals surface area contributed by atoms with E-state index in [1.54, 1.807) is 0 Å². The number of rotatable bonds is 10. The molecule has 1 saturated carbocycles. The van der Waals surface area contributed by atoms with Crippen molar-refractivity contribution in [2.45, 2.75) is 111 Å². The molecular formula is C25H44O4Si. The van der Waals surface area contributed by atoms with Crippen LogP contribution in [0.25, 0.3) is 0 Å². The summed E-state index contributed by atoms with van der Waals surface area (Å²) in [5.41, 5.74) is 1.25. The molecule has 1 aliphatic carbocycles. The third kappa shape index (κ3) is 7.81. The standard InChI is InChI=1S/C25H44O4Si/c1-10-19(4)24-20(15-13-11-12-14-16-23(27)28-18(2)3)21(26)17-22(24)29-30(8,9)25(5,6)7/h10-11,13,18,20,22,24H,12,14-17H2,1-9H3/b13-11-,19-10+/t20-,22+,24+/m0/s1. The van der Waals surface area contributed by atoms with Gasteiger partial charge in [-0.1, -0.05) is 44.6 Å². The molecular weight excluding hydrogens is 392 g/mol. The van der Waals surface area contributed by atoms with Gasteiger partial charge < -0.3 is 9.16 Å². The molecule has 0 bridgehead atoms. The first-order valence-corrected chi connectivity index (χ1v) is 14.4. The maximum absolute atomic E-state index is 12.9. The lowest BCUT2D eigenvalue weighted by Crippen LogP contribution is -2.45. The number of Topliss-reactive ketones (excluding diaryl/α,β-unsaturated/α-hetero) is 1. The first-order chi connectivity index (χ1) is 13.8. The van der Waals surface area contributed by atoms with Crippen LogP contribution in [0.15, 0.2) is 23.8 Å². The van der Waals surface area contributed by atoms with Gasteiger partial charge in [-0.3, -0.25) is 9.59 Å². The fourth-order valence-electron chi connectivity index (χ4n) is 3.73. The summed E-state index contributed by atoms with van der Waals surface area (Å²) in [5.74, 6) is 0.314. The normalized spacial score (nSPS) is 23.6. The minimum Gasteiger partial charge on any atom is -0.463 e. The van der Waals surface area contributed by atoms with Gasteiger partial charge in [0, 0.05) is 24.7 Å². The Hall–Kier alpha value is -1.20. The van der Waals surface area contributed by atoms with E-state index < -0.39 is 8.32 Å². The first kappa shape index (κ1) is 26.8. The van der Waals surface area contributed by atoms with Crippen molar-refractivity contribution in [2.24, 2.45) is 11.8 Å². The number of esters is 1. The molecule has 0 spiro atoms. The lowest BCUT2D eigenvalue weighted by Gasteiger charge is -2.40. The maximum atomic E-state index is 12.9. The van der Waals surface area contributed by atoms with Crippen LogP contribution in [0.4, 0.5) is 0 Å². The number of ether oxygens (including phenoxy) is 1. The zero-order valence-corrected chi connectivity index (χ0v) is 21.7. The van der Waals surface area contributed by atoms with Crippen molar-refractivity contribution in [3.8, 4) is 0 Å². The molecule has 172 valence electrons. The molecule has 0 radical (unpaired) electrons. The number of allylic oxidation sites excluding steroid dienone is 3. The van der Waals surface area contributed by atoms with Crippen LogP contribution in [0, 0.1) is 11.8 Å². The SMILES string of the molecule is C/C=C(\C)[C@H]1[C@H](O[Si](C)(C)C(C)(C)C)CC(=O)[C@@H]1C/C=C\CCCC(=O)OC(C)C. The molecule has 4 nitrogen and oxygen atoms in total. The average molecular weight is 437 g/mol. The molecule has 3 atom stereocenters. The fraction of sp³-hybridized carbons (Fsp3) is 0.760. The van der Waals surface area contributed by atoms with Crippen LogP contribution >= 0.6 is 0 Å². The van der Waals surface area contributed by atoms with E-state index >= 15 is 0 Å². The summed E-state index contributed by atoms with van der Waals surface area (Å²) in [6, 6.07) is 0. The van der Waals surface area contributed by atoms with Crippen molar-refractivity contribution < 1.29 is 18.8 Å². The average Bonchev–Trinajstić information content (AvgIpc) is 2.90. The van der Waals surface area contributed by atoms with Crippen molar-refractivity contribution in [1.82, 2.24) is 0 Å². The summed E-state index contributed by atoms with van der Waals surface area (Å²) in [6.07, 6.45) is 9.55. The second-order valence-electron chi connectivity index (χ2n) is 10.4. The molecule has 1 fully saturated rings. The molecule has 0 aromatic carbocycles. The highest BCUT2D eigenvalue weighted by molar-refractivity contribution is 6.74. The van der Waals surface area contributed by atoms with E-state index in [4.69, 9.17) is 9.16 Å². The Bertz CT molecular complexity index is 640. The van der Waals surface area contributed by atoms with Gasteiger partial charge in [0.15, 0.2) is 8.32 Å². The summed E-state index contributed by atoms with van der Waals surface area (Å²) < 4.78 is 11.9. The summed E-state index contributed by atoms with van der Waals surface area (Å²) >= 11 is 0. The van der Waals surface area contributed by atoms with Gasteiger partial charge in [-0.25, -0.2) is 0 Å². The number of hydrogen-bond acceptors (Lipinski definition) is 4. The number of carbonyl (C=O) groups excluding carboxylic acids is 2. The molecule has 1 rings (SSSR count). The summed E-state index contributed by atoms with van der Waals surface area (Å²) in [7, 11) is -1.94. The van der Waals surface area contributed by atoms with E-state index in [0.29, 0.717) is 18.6 Å². The Morgan fingerprint density at radius 3 is 2.40 bits per heavy atom. The molecule has 0 aliphatic heterocycles. The van der Waals surface area contributed by atoms with Crippen molar-refractivity contribution >= 4 is 20.1 Å². The van der Waals surface area contributed by atoms with E-state index in [1.807, 2.05) is 20.8 Å². The lowest BCUT2D eigenvalue weighted by atomic mass is 9.85. The monoisotopic (exact) mass is 436 g/mol. The van der Waals surface area contributed by atoms with Crippen molar-refractivity contribution in [3.05, 3.63) is 23.8 Å². The van der Waals surface area contributed by atoms with E-state index in [2.05, 4.69) is 59.0 Å². The quantitative estimate of drug-likeness (QED) is 0.167. The van der Waals surface area contributed by atoms with Crippen LogP contribution in [-0.4, -0.2) is 32.3 Å². The van der Waals surface area contributed by atoms with Crippen LogP contribution < -0.4 is 0 Å². The fourth-order valence-corrected chi connectivity index (χ4v) is 5.07. The van der Waals surface area contributed by atoms with Crippen LogP contribution in [0.3, 0.4) is 0 Å². The predicted octanol–water partition coefficient (Wildman–Crippen LogP) is 6.62. The molecule has 0 saturated heterocycles. The number of ketones is 1. The van der Waals surface area contributed by atoms with Crippen molar-refractivity contribution in [2.75, 3.05) is 0 Å². The zero-order chi connectivity index (χ0) is 23.1. The maximum Gasteiger partial charge on any atom is 0.306 e. The Kier molecular flexibility index (Phi) is 10.2. The van der Waals surface area contributed by atoms with Crippen LogP contribution in [0.1, 0.15) is 80.6 Å². The van der Waals surface area contributed by atoms with Crippen LogP contribution in [-0.2, 0) is 18.8 Å². The highest BCUT2D eigenvalue weighted by Gasteiger charge is 2.47. The van der Waals surface area contributed by atoms with Crippen molar-refractivity contribution in [1.29, 1.82) is 0 Å². The van der Waals surface area contributed by atoms with E-state index in [-0.39, 0.29) is 35.1 Å². The minimum absolute atomic E-state index is 0.0150. The highest BCUT2D eigenvalue weighted by atomic mass is 28.4. The predicted molar refractivity (Wildman–Crippen MR) is 127 cm³/mol. The second kappa shape index (κ2) is 11.4. The molecule has 0 amide bonds. The van der Waals surface area contributed by atoms with Gasteiger partial charge in [-0.15, -0.1) is 0 Å². The Morgan fingerprint density at radius 1 is 1.23 bits per heavy atom. The summed E-state index contributed by atoms with van der Waals surface area (Å²) in [4.78, 5) is 24.5. The van der Waals surface area contributed by atoms with Crippen LogP contribution in [0.5, 0.6) is 0 Å². The number of unbranched alkanes of at least 4 members (excludes halogenated alkanes) is 1. The Labute approximate surface area is 185 Å². The molecule has 0 aromatic heterocycles. The first-order valence-electron chi connectivity index (χ1n) is 11.5. The van der Waals surface area contributed by atoms with Gasteiger partial charge in [0.1, 0.15) is 5.78 Å². The lowest BCUT2D eigenvalue weighted by molar-refractivity contribution is -0.147. The van der Waals surface area contributed by atoms with Gasteiger partial charge in [0.25, 0.3) is 0 Å². The van der Waals surface area contributed by atoms with Gasteiger partial charge in [-0.05, 0) is 65.1 Å². The highest BCUT2D eigenvalue weighted by Crippen LogP contribution is 2.44. The summed E-state index contributed by atoms with van der Waals surface area (Å²) in [5, 5.41) is 0.124. The minimum atomic E-state index is -1.94. The van der Waals surface area contributed by atoms with Gasteiger partial charge in [-0.2, -0.15) is 0 Å². The zero-order valence-electron chi connectivity index (χ0n) is 20.7. The van der Waals surface area contributed by atoms with Crippen molar-refractivity contribution in [3.63, 3.8) is 0 Å². The van der Waals surface area contributed by atoms with Crippen LogP contribution in [0.2, 0.25) is 18.1 Å². The smallest absolute Gasteiger partial charge is 0.306 e. The topological polar surface area (TPSA) is 52.6 Å². The molecule has 0 heterocycles. The summed E-state index contributed by atoms with van der Waals surface area (Å²) in [6.45, 7) is 19.1. The largest absolute Gasteiger partial charge is 0.463 e. The van der Waals surface area contributed by atoms with Gasteiger partial charge in [0.2, 0.25) is 0 Å². The molecule has 0 N–H and O–H groups in total. The molecule has 30 heavy (non-hydrogen) atoms. The van der Waals surface area contributed by atoms with E-state index in [0.717, 1.165) is 19.3 Å².